The average molecular weight is 409 g/mol. The van der Waals surface area contributed by atoms with Crippen LogP contribution in [0.5, 0.6) is 0 Å². The van der Waals surface area contributed by atoms with Gasteiger partial charge in [-0.25, -0.2) is 4.98 Å². The second kappa shape index (κ2) is 6.82. The van der Waals surface area contributed by atoms with Gasteiger partial charge in [0.25, 0.3) is 0 Å². The maximum Gasteiger partial charge on any atom is 0.138 e. The van der Waals surface area contributed by atoms with E-state index in [-0.39, 0.29) is 6.04 Å². The standard InChI is InChI=1S/C21H21BrN4/c1-14-21-23-12-17(13-25(2)3)26(21)19-11-16(22)9-10-18(19)20(24-14)15-7-5-4-6-8-15/h4-12,14H,13H2,1-3H3. The molecule has 1 aromatic heterocycles. The summed E-state index contributed by atoms with van der Waals surface area (Å²) in [5.74, 6) is 0.979. The van der Waals surface area contributed by atoms with Gasteiger partial charge < -0.3 is 4.90 Å². The molecule has 0 saturated carbocycles. The van der Waals surface area contributed by atoms with Crippen molar-refractivity contribution in [3.8, 4) is 5.69 Å². The lowest BCUT2D eigenvalue weighted by atomic mass is 10.0. The van der Waals surface area contributed by atoms with Gasteiger partial charge in [0.05, 0.1) is 23.3 Å². The van der Waals surface area contributed by atoms with Gasteiger partial charge in [-0.05, 0) is 39.2 Å². The van der Waals surface area contributed by atoms with Crippen LogP contribution >= 0.6 is 15.9 Å². The lowest BCUT2D eigenvalue weighted by molar-refractivity contribution is 0.393. The highest BCUT2D eigenvalue weighted by molar-refractivity contribution is 9.10. The van der Waals surface area contributed by atoms with Gasteiger partial charge in [0.1, 0.15) is 11.9 Å². The van der Waals surface area contributed by atoms with Crippen molar-refractivity contribution in [2.75, 3.05) is 14.1 Å². The fourth-order valence-electron chi connectivity index (χ4n) is 3.45. The van der Waals surface area contributed by atoms with Crippen molar-refractivity contribution in [2.24, 2.45) is 4.99 Å². The van der Waals surface area contributed by atoms with Gasteiger partial charge in [0.2, 0.25) is 0 Å². The van der Waals surface area contributed by atoms with Crippen LogP contribution in [0.25, 0.3) is 5.69 Å². The van der Waals surface area contributed by atoms with Crippen LogP contribution in [-0.2, 0) is 6.54 Å². The topological polar surface area (TPSA) is 33.4 Å². The van der Waals surface area contributed by atoms with Gasteiger partial charge in [0, 0.05) is 22.1 Å². The van der Waals surface area contributed by atoms with Gasteiger partial charge in [-0.3, -0.25) is 9.56 Å². The van der Waals surface area contributed by atoms with Crippen LogP contribution in [0.3, 0.4) is 0 Å². The largest absolute Gasteiger partial charge is 0.304 e. The van der Waals surface area contributed by atoms with Crippen molar-refractivity contribution >= 4 is 21.6 Å². The lowest BCUT2D eigenvalue weighted by Crippen LogP contribution is -2.16. The Labute approximate surface area is 162 Å². The first-order valence-electron chi connectivity index (χ1n) is 8.69. The number of aromatic nitrogens is 2. The molecule has 4 rings (SSSR count). The fraction of sp³-hybridized carbons (Fsp3) is 0.238. The summed E-state index contributed by atoms with van der Waals surface area (Å²) in [7, 11) is 4.15. The van der Waals surface area contributed by atoms with Crippen molar-refractivity contribution in [3.05, 3.63) is 81.8 Å². The zero-order valence-corrected chi connectivity index (χ0v) is 16.7. The Bertz CT molecular complexity index is 973. The second-order valence-electron chi connectivity index (χ2n) is 6.86. The molecule has 0 spiro atoms. The van der Waals surface area contributed by atoms with Crippen molar-refractivity contribution in [1.29, 1.82) is 0 Å². The van der Waals surface area contributed by atoms with E-state index in [2.05, 4.69) is 88.9 Å². The maximum absolute atomic E-state index is 5.06. The van der Waals surface area contributed by atoms with E-state index in [1.165, 1.54) is 5.69 Å². The molecule has 0 N–H and O–H groups in total. The molecule has 3 aromatic rings. The third-order valence-electron chi connectivity index (χ3n) is 4.54. The molecule has 0 aliphatic carbocycles. The highest BCUT2D eigenvalue weighted by Crippen LogP contribution is 2.33. The minimum Gasteiger partial charge on any atom is -0.304 e. The number of rotatable bonds is 3. The van der Waals surface area contributed by atoms with E-state index in [1.54, 1.807) is 0 Å². The average Bonchev–Trinajstić information content (AvgIpc) is 2.98. The molecule has 0 radical (unpaired) electrons. The first-order valence-corrected chi connectivity index (χ1v) is 9.48. The highest BCUT2D eigenvalue weighted by Gasteiger charge is 2.25. The van der Waals surface area contributed by atoms with Crippen LogP contribution in [0.2, 0.25) is 0 Å². The number of benzene rings is 2. The molecule has 2 heterocycles. The van der Waals surface area contributed by atoms with Gasteiger partial charge >= 0.3 is 0 Å². The number of fused-ring (bicyclic) bond motifs is 3. The molecule has 5 heteroatoms. The van der Waals surface area contributed by atoms with Crippen LogP contribution in [0.1, 0.15) is 35.6 Å². The first-order chi connectivity index (χ1) is 12.5. The van der Waals surface area contributed by atoms with Gasteiger partial charge in [-0.2, -0.15) is 0 Å². The molecule has 0 fully saturated rings. The molecule has 1 atom stereocenters. The second-order valence-corrected chi connectivity index (χ2v) is 7.78. The fourth-order valence-corrected chi connectivity index (χ4v) is 3.80. The van der Waals surface area contributed by atoms with E-state index in [4.69, 9.17) is 9.98 Å². The SMILES string of the molecule is CC1N=C(c2ccccc2)c2ccc(Br)cc2-n2c(CN(C)C)cnc21. The van der Waals surface area contributed by atoms with Gasteiger partial charge in [-0.1, -0.05) is 46.3 Å². The summed E-state index contributed by atoms with van der Waals surface area (Å²) in [5.41, 5.74) is 5.56. The molecule has 2 aromatic carbocycles. The Morgan fingerprint density at radius 1 is 1.12 bits per heavy atom. The number of imidazole rings is 1. The van der Waals surface area contributed by atoms with Crippen LogP contribution in [0.4, 0.5) is 0 Å². The molecule has 4 nitrogen and oxygen atoms in total. The van der Waals surface area contributed by atoms with E-state index in [9.17, 15) is 0 Å². The molecular weight excluding hydrogens is 388 g/mol. The zero-order chi connectivity index (χ0) is 18.3. The summed E-state index contributed by atoms with van der Waals surface area (Å²) < 4.78 is 3.32. The number of hydrogen-bond acceptors (Lipinski definition) is 3. The molecule has 1 aliphatic heterocycles. The first kappa shape index (κ1) is 17.2. The van der Waals surface area contributed by atoms with Crippen molar-refractivity contribution in [1.82, 2.24) is 14.5 Å². The van der Waals surface area contributed by atoms with Crippen LogP contribution in [0.15, 0.2) is 64.2 Å². The minimum absolute atomic E-state index is 0.0210. The molecule has 0 bridgehead atoms. The summed E-state index contributed by atoms with van der Waals surface area (Å²) in [6.45, 7) is 2.94. The molecule has 0 saturated heterocycles. The Morgan fingerprint density at radius 2 is 1.88 bits per heavy atom. The van der Waals surface area contributed by atoms with Crippen molar-refractivity contribution in [3.63, 3.8) is 0 Å². The summed E-state index contributed by atoms with van der Waals surface area (Å²) >= 11 is 3.64. The number of aliphatic imine (C=N–C) groups is 1. The molecule has 26 heavy (non-hydrogen) atoms. The summed E-state index contributed by atoms with van der Waals surface area (Å²) in [6, 6.07) is 16.8. The number of nitrogens with zero attached hydrogens (tertiary/aromatic N) is 4. The third kappa shape index (κ3) is 3.02. The lowest BCUT2D eigenvalue weighted by Gasteiger charge is -2.17. The Balaban J connectivity index is 1.99. The molecule has 1 aliphatic rings. The van der Waals surface area contributed by atoms with Gasteiger partial charge in [-0.15, -0.1) is 0 Å². The van der Waals surface area contributed by atoms with E-state index < -0.39 is 0 Å². The summed E-state index contributed by atoms with van der Waals surface area (Å²) in [5, 5.41) is 0. The van der Waals surface area contributed by atoms with Crippen LogP contribution in [0, 0.1) is 0 Å². The van der Waals surface area contributed by atoms with Crippen molar-refractivity contribution < 1.29 is 0 Å². The predicted octanol–water partition coefficient (Wildman–Crippen LogP) is 4.61. The summed E-state index contributed by atoms with van der Waals surface area (Å²) in [6.07, 6.45) is 1.97. The number of halogens is 1. The molecular formula is C21H21BrN4. The summed E-state index contributed by atoms with van der Waals surface area (Å²) in [4.78, 5) is 11.9. The van der Waals surface area contributed by atoms with Crippen LogP contribution < -0.4 is 0 Å². The smallest absolute Gasteiger partial charge is 0.138 e. The van der Waals surface area contributed by atoms with Crippen LogP contribution in [-0.4, -0.2) is 34.3 Å². The third-order valence-corrected chi connectivity index (χ3v) is 5.03. The Kier molecular flexibility index (Phi) is 4.51. The zero-order valence-electron chi connectivity index (χ0n) is 15.1. The van der Waals surface area contributed by atoms with E-state index in [0.717, 1.165) is 39.4 Å². The maximum atomic E-state index is 5.06. The van der Waals surface area contributed by atoms with E-state index >= 15 is 0 Å². The monoisotopic (exact) mass is 408 g/mol. The minimum atomic E-state index is -0.0210. The molecule has 0 amide bonds. The Morgan fingerprint density at radius 3 is 2.62 bits per heavy atom. The Hall–Kier alpha value is -2.24. The predicted molar refractivity (Wildman–Crippen MR) is 109 cm³/mol. The molecule has 132 valence electrons. The van der Waals surface area contributed by atoms with E-state index in [0.29, 0.717) is 0 Å². The highest BCUT2D eigenvalue weighted by atomic mass is 79.9. The quantitative estimate of drug-likeness (QED) is 0.633. The van der Waals surface area contributed by atoms with Gasteiger partial charge in [0.15, 0.2) is 0 Å². The van der Waals surface area contributed by atoms with Crippen molar-refractivity contribution in [2.45, 2.75) is 19.5 Å². The number of hydrogen-bond donors (Lipinski definition) is 0. The molecule has 1 unspecified atom stereocenters. The normalized spacial score (nSPS) is 16.0. The van der Waals surface area contributed by atoms with E-state index in [1.807, 2.05) is 12.3 Å².